The predicted octanol–water partition coefficient (Wildman–Crippen LogP) is 3.39. The summed E-state index contributed by atoms with van der Waals surface area (Å²) in [7, 11) is 0. The van der Waals surface area contributed by atoms with Gasteiger partial charge in [-0.1, -0.05) is 48.0 Å². The second kappa shape index (κ2) is 9.53. The summed E-state index contributed by atoms with van der Waals surface area (Å²) in [6.45, 7) is 6.47. The van der Waals surface area contributed by atoms with E-state index >= 15 is 0 Å². The van der Waals surface area contributed by atoms with Gasteiger partial charge in [-0.3, -0.25) is 9.69 Å². The van der Waals surface area contributed by atoms with Crippen molar-refractivity contribution in [3.05, 3.63) is 65.2 Å². The van der Waals surface area contributed by atoms with Crippen LogP contribution in [0.4, 0.5) is 5.69 Å². The SMILES string of the molecule is C/C(=N/NC(=O)CCN1CCN(c2ccccc2)CC1)c1ccccc1Cl. The quantitative estimate of drug-likeness (QED) is 0.613. The van der Waals surface area contributed by atoms with Crippen LogP contribution in [0.25, 0.3) is 0 Å². The van der Waals surface area contributed by atoms with Gasteiger partial charge in [0.05, 0.1) is 5.71 Å². The number of hydrogen-bond donors (Lipinski definition) is 1. The Kier molecular flexibility index (Phi) is 6.85. The van der Waals surface area contributed by atoms with Gasteiger partial charge < -0.3 is 4.90 Å². The monoisotopic (exact) mass is 384 g/mol. The van der Waals surface area contributed by atoms with E-state index in [1.807, 2.05) is 37.3 Å². The molecule has 0 unspecified atom stereocenters. The molecule has 1 amide bonds. The molecule has 0 aliphatic carbocycles. The number of anilines is 1. The Morgan fingerprint density at radius 2 is 1.70 bits per heavy atom. The van der Waals surface area contributed by atoms with Crippen molar-refractivity contribution >= 4 is 28.9 Å². The van der Waals surface area contributed by atoms with E-state index in [1.54, 1.807) is 0 Å². The van der Waals surface area contributed by atoms with Gasteiger partial charge in [0.15, 0.2) is 0 Å². The van der Waals surface area contributed by atoms with E-state index in [1.165, 1.54) is 5.69 Å². The second-order valence-corrected chi connectivity index (χ2v) is 7.03. The summed E-state index contributed by atoms with van der Waals surface area (Å²) in [5.74, 6) is -0.0770. The summed E-state index contributed by atoms with van der Waals surface area (Å²) in [6.07, 6.45) is 0.435. The topological polar surface area (TPSA) is 47.9 Å². The average Bonchev–Trinajstić information content (AvgIpc) is 2.72. The van der Waals surface area contributed by atoms with Crippen LogP contribution in [0.3, 0.4) is 0 Å². The highest BCUT2D eigenvalue weighted by Crippen LogP contribution is 2.16. The lowest BCUT2D eigenvalue weighted by Crippen LogP contribution is -2.47. The summed E-state index contributed by atoms with van der Waals surface area (Å²) >= 11 is 6.15. The first-order valence-corrected chi connectivity index (χ1v) is 9.61. The number of nitrogens with one attached hydrogen (secondary N) is 1. The van der Waals surface area contributed by atoms with Crippen LogP contribution in [0.2, 0.25) is 5.02 Å². The third-order valence-electron chi connectivity index (χ3n) is 4.76. The van der Waals surface area contributed by atoms with Crippen LogP contribution < -0.4 is 10.3 Å². The summed E-state index contributed by atoms with van der Waals surface area (Å²) in [6, 6.07) is 17.9. The minimum atomic E-state index is -0.0770. The van der Waals surface area contributed by atoms with Crippen molar-refractivity contribution in [1.29, 1.82) is 0 Å². The molecule has 1 aliphatic heterocycles. The van der Waals surface area contributed by atoms with Crippen molar-refractivity contribution < 1.29 is 4.79 Å². The fourth-order valence-electron chi connectivity index (χ4n) is 3.15. The summed E-state index contributed by atoms with van der Waals surface area (Å²) in [4.78, 5) is 16.8. The molecule has 5 nitrogen and oxygen atoms in total. The molecule has 6 heteroatoms. The fraction of sp³-hybridized carbons (Fsp3) is 0.333. The number of benzene rings is 2. The van der Waals surface area contributed by atoms with Gasteiger partial charge in [0.25, 0.3) is 0 Å². The third-order valence-corrected chi connectivity index (χ3v) is 5.09. The first-order chi connectivity index (χ1) is 13.1. The highest BCUT2D eigenvalue weighted by atomic mass is 35.5. The molecular formula is C21H25ClN4O. The molecule has 142 valence electrons. The van der Waals surface area contributed by atoms with Gasteiger partial charge in [0.1, 0.15) is 0 Å². The lowest BCUT2D eigenvalue weighted by Gasteiger charge is -2.36. The van der Waals surface area contributed by atoms with Crippen LogP contribution in [-0.2, 0) is 4.79 Å². The van der Waals surface area contributed by atoms with Crippen molar-refractivity contribution in [2.45, 2.75) is 13.3 Å². The Morgan fingerprint density at radius 1 is 1.04 bits per heavy atom. The van der Waals surface area contributed by atoms with Gasteiger partial charge in [0.2, 0.25) is 5.91 Å². The Balaban J connectivity index is 1.41. The Bertz CT molecular complexity index is 786. The van der Waals surface area contributed by atoms with Crippen molar-refractivity contribution in [3.8, 4) is 0 Å². The van der Waals surface area contributed by atoms with E-state index < -0.39 is 0 Å². The highest BCUT2D eigenvalue weighted by Gasteiger charge is 2.17. The highest BCUT2D eigenvalue weighted by molar-refractivity contribution is 6.34. The number of carbonyl (C=O) groups is 1. The zero-order valence-corrected chi connectivity index (χ0v) is 16.3. The number of amides is 1. The first-order valence-electron chi connectivity index (χ1n) is 9.24. The van der Waals surface area contributed by atoms with Crippen molar-refractivity contribution in [1.82, 2.24) is 10.3 Å². The molecule has 2 aromatic rings. The van der Waals surface area contributed by atoms with Gasteiger partial charge in [-0.25, -0.2) is 5.43 Å². The van der Waals surface area contributed by atoms with Crippen LogP contribution in [0, 0.1) is 0 Å². The van der Waals surface area contributed by atoms with E-state index in [-0.39, 0.29) is 5.91 Å². The normalized spacial score (nSPS) is 15.6. The average molecular weight is 385 g/mol. The molecule has 0 spiro atoms. The lowest BCUT2D eigenvalue weighted by molar-refractivity contribution is -0.121. The van der Waals surface area contributed by atoms with Crippen LogP contribution in [0.15, 0.2) is 59.7 Å². The largest absolute Gasteiger partial charge is 0.369 e. The number of hydrogen-bond acceptors (Lipinski definition) is 4. The Labute approximate surface area is 165 Å². The molecule has 2 aromatic carbocycles. The molecule has 1 N–H and O–H groups in total. The van der Waals surface area contributed by atoms with Crippen molar-refractivity contribution in [2.75, 3.05) is 37.6 Å². The van der Waals surface area contributed by atoms with Gasteiger partial charge in [0, 0.05) is 55.4 Å². The molecular weight excluding hydrogens is 360 g/mol. The van der Waals surface area contributed by atoms with Gasteiger partial charge >= 0.3 is 0 Å². The number of nitrogens with zero attached hydrogens (tertiary/aromatic N) is 3. The van der Waals surface area contributed by atoms with E-state index in [4.69, 9.17) is 11.6 Å². The summed E-state index contributed by atoms with van der Waals surface area (Å²) < 4.78 is 0. The fourth-order valence-corrected chi connectivity index (χ4v) is 3.42. The van der Waals surface area contributed by atoms with E-state index in [0.717, 1.165) is 38.3 Å². The minimum absolute atomic E-state index is 0.0770. The maximum Gasteiger partial charge on any atom is 0.241 e. The minimum Gasteiger partial charge on any atom is -0.369 e. The first kappa shape index (κ1) is 19.4. The van der Waals surface area contributed by atoms with Crippen LogP contribution in [-0.4, -0.2) is 49.2 Å². The molecule has 1 saturated heterocycles. The van der Waals surface area contributed by atoms with Gasteiger partial charge in [-0.2, -0.15) is 5.10 Å². The molecule has 0 atom stereocenters. The molecule has 0 aromatic heterocycles. The molecule has 1 aliphatic rings. The zero-order chi connectivity index (χ0) is 19.1. The zero-order valence-electron chi connectivity index (χ0n) is 15.6. The molecule has 1 fully saturated rings. The van der Waals surface area contributed by atoms with Gasteiger partial charge in [-0.15, -0.1) is 0 Å². The number of rotatable bonds is 6. The number of halogens is 1. The summed E-state index contributed by atoms with van der Waals surface area (Å²) in [5.41, 5.74) is 5.43. The predicted molar refractivity (Wildman–Crippen MR) is 112 cm³/mol. The number of hydrazone groups is 1. The van der Waals surface area contributed by atoms with Gasteiger partial charge in [-0.05, 0) is 25.1 Å². The van der Waals surface area contributed by atoms with Crippen molar-refractivity contribution in [3.63, 3.8) is 0 Å². The molecule has 0 radical (unpaired) electrons. The Hall–Kier alpha value is -2.37. The second-order valence-electron chi connectivity index (χ2n) is 6.63. The Morgan fingerprint density at radius 3 is 2.41 bits per heavy atom. The molecule has 1 heterocycles. The number of piperazine rings is 1. The number of para-hydroxylation sites is 1. The van der Waals surface area contributed by atoms with E-state index in [9.17, 15) is 4.79 Å². The lowest BCUT2D eigenvalue weighted by atomic mass is 10.1. The molecule has 3 rings (SSSR count). The molecule has 0 bridgehead atoms. The summed E-state index contributed by atoms with van der Waals surface area (Å²) in [5, 5.41) is 4.81. The van der Waals surface area contributed by atoms with Crippen molar-refractivity contribution in [2.24, 2.45) is 5.10 Å². The van der Waals surface area contributed by atoms with Crippen LogP contribution in [0.5, 0.6) is 0 Å². The molecule has 27 heavy (non-hydrogen) atoms. The third kappa shape index (κ3) is 5.55. The van der Waals surface area contributed by atoms with Crippen LogP contribution >= 0.6 is 11.6 Å². The maximum atomic E-state index is 12.1. The standard InChI is InChI=1S/C21H25ClN4O/c1-17(19-9-5-6-10-20(19)22)23-24-21(27)11-12-25-13-15-26(16-14-25)18-7-3-2-4-8-18/h2-10H,11-16H2,1H3,(H,24,27)/b23-17-. The van der Waals surface area contributed by atoms with Crippen LogP contribution in [0.1, 0.15) is 18.9 Å². The smallest absolute Gasteiger partial charge is 0.241 e. The molecule has 0 saturated carbocycles. The van der Waals surface area contributed by atoms with E-state index in [2.05, 4.69) is 44.6 Å². The maximum absolute atomic E-state index is 12.1. The van der Waals surface area contributed by atoms with E-state index in [0.29, 0.717) is 17.2 Å². The number of carbonyl (C=O) groups excluding carboxylic acids is 1.